The first-order chi connectivity index (χ1) is 7.83. The van der Waals surface area contributed by atoms with Gasteiger partial charge in [0.25, 0.3) is 0 Å². The summed E-state index contributed by atoms with van der Waals surface area (Å²) in [6, 6.07) is 0. The monoisotopic (exact) mass is 232 g/mol. The molecule has 16 heavy (non-hydrogen) atoms. The van der Waals surface area contributed by atoms with E-state index in [0.29, 0.717) is 0 Å². The van der Waals surface area contributed by atoms with Crippen molar-refractivity contribution in [1.82, 2.24) is 0 Å². The minimum absolute atomic E-state index is 1.25. The lowest BCUT2D eigenvalue weighted by molar-refractivity contribution is 1.09. The van der Waals surface area contributed by atoms with Crippen molar-refractivity contribution in [2.75, 3.05) is 0 Å². The molecule has 0 N–H and O–H groups in total. The van der Waals surface area contributed by atoms with E-state index in [-0.39, 0.29) is 0 Å². The van der Waals surface area contributed by atoms with E-state index in [2.05, 4.69) is 45.9 Å². The Morgan fingerprint density at radius 3 is 0.625 bits per heavy atom. The highest BCUT2D eigenvalue weighted by molar-refractivity contribution is 4.51. The first-order valence-electron chi connectivity index (χ1n) is 6.62. The maximum absolute atomic E-state index is 3.12. The molecule has 0 amide bonds. The van der Waals surface area contributed by atoms with Crippen molar-refractivity contribution in [3.05, 3.63) is 32.0 Å². The third-order valence-electron chi connectivity index (χ3n) is 0. The van der Waals surface area contributed by atoms with Crippen molar-refractivity contribution in [2.24, 2.45) is 0 Å². The fourth-order valence-corrected chi connectivity index (χ4v) is 0. The van der Waals surface area contributed by atoms with Gasteiger partial charge in [0.1, 0.15) is 0 Å². The van der Waals surface area contributed by atoms with Crippen LogP contribution in [-0.4, -0.2) is 0 Å². The Labute approximate surface area is 108 Å². The standard InChI is InChI=1S/C3H8.C3H4.4C2H6.C2H4/c2*1-3-2;5*1-2/h3H2,1-2H3;1-2H2;4*1-2H3;1-2H2. The van der Waals surface area contributed by atoms with Crippen LogP contribution < -0.4 is 0 Å². The Morgan fingerprint density at radius 2 is 0.625 bits per heavy atom. The second-order valence-corrected chi connectivity index (χ2v) is 0.957. The molecule has 0 nitrogen and oxygen atoms in total. The number of hydrogen-bond donors (Lipinski definition) is 0. The molecule has 0 spiro atoms. The molecule has 0 atom stereocenters. The lowest BCUT2D eigenvalue weighted by Crippen LogP contribution is -1.27. The van der Waals surface area contributed by atoms with Crippen LogP contribution in [0.25, 0.3) is 0 Å². The van der Waals surface area contributed by atoms with Crippen LogP contribution in [0.3, 0.4) is 0 Å². The fourth-order valence-electron chi connectivity index (χ4n) is 0. The molecule has 0 radical (unpaired) electrons. The fraction of sp³-hybridized carbons (Fsp3) is 0.688. The minimum Gasteiger partial charge on any atom is -0.137 e. The summed E-state index contributed by atoms with van der Waals surface area (Å²) in [5, 5.41) is 0. The molecule has 104 valence electrons. The Bertz CT molecular complexity index is 38.0. The van der Waals surface area contributed by atoms with Gasteiger partial charge in [-0.3, -0.25) is 0 Å². The molecule has 0 saturated heterocycles. The third-order valence-corrected chi connectivity index (χ3v) is 0. The summed E-state index contributed by atoms with van der Waals surface area (Å²) in [6.45, 7) is 32.5. The molecule has 0 aliphatic heterocycles. The lowest BCUT2D eigenvalue weighted by atomic mass is 10.6. The van der Waals surface area contributed by atoms with Crippen LogP contribution in [0.15, 0.2) is 32.0 Å². The summed E-state index contributed by atoms with van der Waals surface area (Å²) in [5.74, 6) is 0. The van der Waals surface area contributed by atoms with Gasteiger partial charge >= 0.3 is 0 Å². The molecule has 0 aromatic heterocycles. The molecule has 0 heterocycles. The first-order valence-corrected chi connectivity index (χ1v) is 6.62. The molecule has 0 fully saturated rings. The smallest absolute Gasteiger partial charge is 0.0572 e. The zero-order valence-electron chi connectivity index (χ0n) is 14.0. The van der Waals surface area contributed by atoms with Crippen LogP contribution in [0.2, 0.25) is 0 Å². The van der Waals surface area contributed by atoms with E-state index >= 15 is 0 Å². The second-order valence-electron chi connectivity index (χ2n) is 0.957. The quantitative estimate of drug-likeness (QED) is 0.304. The van der Waals surface area contributed by atoms with Gasteiger partial charge in [-0.2, -0.15) is 0 Å². The number of rotatable bonds is 0. The summed E-state index contributed by atoms with van der Waals surface area (Å²) in [7, 11) is 0. The molecular formula is C16H40. The second kappa shape index (κ2) is 1580. The molecule has 0 heteroatoms. The maximum atomic E-state index is 3.12. The molecule has 0 bridgehead atoms. The molecule has 0 aromatic rings. The zero-order chi connectivity index (χ0) is 15.4. The van der Waals surface area contributed by atoms with Gasteiger partial charge in [-0.25, -0.2) is 0 Å². The Kier molecular flexibility index (Phi) is 4490. The highest BCUT2D eigenvalue weighted by Gasteiger charge is 1.35. The van der Waals surface area contributed by atoms with Gasteiger partial charge < -0.3 is 0 Å². The molecule has 0 aliphatic carbocycles. The van der Waals surface area contributed by atoms with Crippen molar-refractivity contribution in [3.8, 4) is 0 Å². The van der Waals surface area contributed by atoms with E-state index in [1.54, 1.807) is 0 Å². The van der Waals surface area contributed by atoms with Crippen molar-refractivity contribution >= 4 is 0 Å². The van der Waals surface area contributed by atoms with E-state index in [4.69, 9.17) is 0 Å². The van der Waals surface area contributed by atoms with E-state index in [0.717, 1.165) is 0 Å². The van der Waals surface area contributed by atoms with Crippen LogP contribution in [0.5, 0.6) is 0 Å². The number of hydrogen-bond acceptors (Lipinski definition) is 0. The van der Waals surface area contributed by atoms with Crippen molar-refractivity contribution in [2.45, 2.75) is 75.7 Å². The van der Waals surface area contributed by atoms with E-state index in [9.17, 15) is 0 Å². The SMILES string of the molecule is C=C.C=C=C.CC.CC.CC.CC.CCC. The average molecular weight is 232 g/mol. The van der Waals surface area contributed by atoms with Gasteiger partial charge in [0.2, 0.25) is 0 Å². The van der Waals surface area contributed by atoms with Crippen molar-refractivity contribution in [3.63, 3.8) is 0 Å². The largest absolute Gasteiger partial charge is 0.137 e. The molecule has 0 aliphatic rings. The summed E-state index contributed by atoms with van der Waals surface area (Å²) in [6.07, 6.45) is 1.25. The summed E-state index contributed by atoms with van der Waals surface area (Å²) in [4.78, 5) is 0. The first kappa shape index (κ1) is 45.5. The predicted molar refractivity (Wildman–Crippen MR) is 87.4 cm³/mol. The van der Waals surface area contributed by atoms with Crippen molar-refractivity contribution < 1.29 is 0 Å². The molecule has 0 aromatic carbocycles. The van der Waals surface area contributed by atoms with Crippen molar-refractivity contribution in [1.29, 1.82) is 0 Å². The zero-order valence-corrected chi connectivity index (χ0v) is 14.0. The van der Waals surface area contributed by atoms with Crippen LogP contribution in [-0.2, 0) is 0 Å². The van der Waals surface area contributed by atoms with Gasteiger partial charge in [0, 0.05) is 0 Å². The average Bonchev–Trinajstić information content (AvgIpc) is 2.42. The minimum atomic E-state index is 1.25. The third kappa shape index (κ3) is 3640. The molecule has 0 unspecified atom stereocenters. The van der Waals surface area contributed by atoms with Crippen LogP contribution in [0, 0.1) is 0 Å². The molecule has 0 saturated carbocycles. The topological polar surface area (TPSA) is 0 Å². The van der Waals surface area contributed by atoms with Crippen LogP contribution >= 0.6 is 0 Å². The summed E-state index contributed by atoms with van der Waals surface area (Å²) in [5.41, 5.74) is 2.25. The Morgan fingerprint density at radius 1 is 0.625 bits per heavy atom. The van der Waals surface area contributed by atoms with Crippen LogP contribution in [0.4, 0.5) is 0 Å². The van der Waals surface area contributed by atoms with Gasteiger partial charge in [0.05, 0.1) is 0 Å². The summed E-state index contributed by atoms with van der Waals surface area (Å²) >= 11 is 0. The van der Waals surface area contributed by atoms with Gasteiger partial charge in [-0.15, -0.1) is 18.9 Å². The normalized spacial score (nSPS) is 3.38. The highest BCUT2D eigenvalue weighted by Crippen LogP contribution is 1.56. The Balaban J connectivity index is -0.0000000120. The predicted octanol–water partition coefficient (Wildman–Crippen LogP) is 7.28. The molecule has 0 rings (SSSR count). The maximum Gasteiger partial charge on any atom is -0.0572 e. The van der Waals surface area contributed by atoms with E-state index in [1.807, 2.05) is 55.4 Å². The van der Waals surface area contributed by atoms with E-state index < -0.39 is 0 Å². The molecular weight excluding hydrogens is 192 g/mol. The van der Waals surface area contributed by atoms with Gasteiger partial charge in [-0.1, -0.05) is 88.8 Å². The van der Waals surface area contributed by atoms with Crippen LogP contribution in [0.1, 0.15) is 75.7 Å². The lowest BCUT2D eigenvalue weighted by Gasteiger charge is -1.48. The summed E-state index contributed by atoms with van der Waals surface area (Å²) < 4.78 is 0. The van der Waals surface area contributed by atoms with Gasteiger partial charge in [-0.05, 0) is 0 Å². The van der Waals surface area contributed by atoms with Gasteiger partial charge in [0.15, 0.2) is 0 Å². The highest BCUT2D eigenvalue weighted by atomic mass is 13.4. The Hall–Kier alpha value is -0.740. The van der Waals surface area contributed by atoms with E-state index in [1.165, 1.54) is 6.42 Å².